The predicted octanol–water partition coefficient (Wildman–Crippen LogP) is 3.35. The molecule has 1 saturated heterocycles. The molecule has 10 heteroatoms. The molecule has 2 aromatic rings. The van der Waals surface area contributed by atoms with E-state index in [1.807, 2.05) is 0 Å². The summed E-state index contributed by atoms with van der Waals surface area (Å²) in [7, 11) is 0. The number of hydrogen-bond acceptors (Lipinski definition) is 2. The van der Waals surface area contributed by atoms with Crippen molar-refractivity contribution in [3.8, 4) is 0 Å². The van der Waals surface area contributed by atoms with E-state index in [2.05, 4.69) is 0 Å². The first-order valence-electron chi connectivity index (χ1n) is 7.93. The normalized spacial score (nSPS) is 19.9. The highest BCUT2D eigenvalue weighted by atomic mass is 19.4. The van der Waals surface area contributed by atoms with Gasteiger partial charge in [0.25, 0.3) is 0 Å². The highest BCUT2D eigenvalue weighted by molar-refractivity contribution is 6.10. The summed E-state index contributed by atoms with van der Waals surface area (Å²) in [6.07, 6.45) is -4.58. The average Bonchev–Trinajstić information content (AvgIpc) is 2.96. The Kier molecular flexibility index (Phi) is 4.82. The Hall–Kier alpha value is -3.04. The standard InChI is InChI=1S/C18H12F6N2O2/c19-11-5-6-12(15(21)14(11)20)26-7-10(13(16(25)27)17(26)28)8-1-3-9(4-2-8)18(22,23)24/h1-6,10,13H,7H2,(H2,25,27). The number of hydrogen-bond donors (Lipinski definition) is 1. The first-order valence-corrected chi connectivity index (χ1v) is 7.93. The Morgan fingerprint density at radius 3 is 2.14 bits per heavy atom. The fourth-order valence-electron chi connectivity index (χ4n) is 3.21. The maximum atomic E-state index is 14.1. The van der Waals surface area contributed by atoms with Crippen molar-refractivity contribution in [1.29, 1.82) is 0 Å². The van der Waals surface area contributed by atoms with E-state index in [1.54, 1.807) is 0 Å². The van der Waals surface area contributed by atoms with Crippen LogP contribution < -0.4 is 10.6 Å². The summed E-state index contributed by atoms with van der Waals surface area (Å²) in [4.78, 5) is 25.1. The zero-order valence-electron chi connectivity index (χ0n) is 13.9. The quantitative estimate of drug-likeness (QED) is 0.486. The minimum atomic E-state index is -4.58. The number of rotatable bonds is 3. The van der Waals surface area contributed by atoms with Gasteiger partial charge in [-0.1, -0.05) is 12.1 Å². The van der Waals surface area contributed by atoms with Crippen molar-refractivity contribution in [2.75, 3.05) is 11.4 Å². The number of halogens is 6. The molecule has 148 valence electrons. The number of benzene rings is 2. The third kappa shape index (κ3) is 3.30. The molecule has 1 heterocycles. The van der Waals surface area contributed by atoms with Gasteiger partial charge < -0.3 is 10.6 Å². The predicted molar refractivity (Wildman–Crippen MR) is 85.5 cm³/mol. The maximum Gasteiger partial charge on any atom is 0.416 e. The highest BCUT2D eigenvalue weighted by Crippen LogP contribution is 2.39. The van der Waals surface area contributed by atoms with Crippen molar-refractivity contribution in [3.63, 3.8) is 0 Å². The van der Waals surface area contributed by atoms with Crippen molar-refractivity contribution in [1.82, 2.24) is 0 Å². The number of anilines is 1. The topological polar surface area (TPSA) is 63.4 Å². The van der Waals surface area contributed by atoms with Crippen molar-refractivity contribution >= 4 is 17.5 Å². The first-order chi connectivity index (χ1) is 13.0. The van der Waals surface area contributed by atoms with Gasteiger partial charge in [0.15, 0.2) is 17.5 Å². The molecule has 2 N–H and O–H groups in total. The summed E-state index contributed by atoms with van der Waals surface area (Å²) in [5.74, 6) is -9.38. The number of primary amides is 1. The van der Waals surface area contributed by atoms with Crippen LogP contribution in [0.25, 0.3) is 0 Å². The molecule has 1 aliphatic rings. The number of carbonyl (C=O) groups excluding carboxylic acids is 2. The molecule has 2 unspecified atom stereocenters. The van der Waals surface area contributed by atoms with Gasteiger partial charge in [-0.25, -0.2) is 13.2 Å². The summed E-state index contributed by atoms with van der Waals surface area (Å²) in [5, 5.41) is 0. The summed E-state index contributed by atoms with van der Waals surface area (Å²) < 4.78 is 78.9. The largest absolute Gasteiger partial charge is 0.416 e. The lowest BCUT2D eigenvalue weighted by atomic mass is 9.87. The Morgan fingerprint density at radius 1 is 1.00 bits per heavy atom. The summed E-state index contributed by atoms with van der Waals surface area (Å²) >= 11 is 0. The molecular weight excluding hydrogens is 390 g/mol. The van der Waals surface area contributed by atoms with Crippen LogP contribution in [0, 0.1) is 23.4 Å². The van der Waals surface area contributed by atoms with Gasteiger partial charge in [0.2, 0.25) is 11.8 Å². The monoisotopic (exact) mass is 402 g/mol. The van der Waals surface area contributed by atoms with E-state index >= 15 is 0 Å². The highest BCUT2D eigenvalue weighted by Gasteiger charge is 2.46. The first kappa shape index (κ1) is 19.7. The van der Waals surface area contributed by atoms with Gasteiger partial charge in [0, 0.05) is 12.5 Å². The van der Waals surface area contributed by atoms with Gasteiger partial charge >= 0.3 is 6.18 Å². The molecule has 0 aliphatic carbocycles. The van der Waals surface area contributed by atoms with Gasteiger partial charge in [0.05, 0.1) is 11.3 Å². The van der Waals surface area contributed by atoms with Crippen molar-refractivity contribution in [2.45, 2.75) is 12.1 Å². The molecule has 0 radical (unpaired) electrons. The molecule has 4 nitrogen and oxygen atoms in total. The summed E-state index contributed by atoms with van der Waals surface area (Å²) in [6.45, 7) is -0.347. The molecule has 28 heavy (non-hydrogen) atoms. The third-order valence-corrected chi connectivity index (χ3v) is 4.59. The van der Waals surface area contributed by atoms with Gasteiger partial charge in [-0.3, -0.25) is 9.59 Å². The molecule has 0 aromatic heterocycles. The Balaban J connectivity index is 2.00. The number of alkyl halides is 3. The zero-order chi connectivity index (χ0) is 20.8. The maximum absolute atomic E-state index is 14.1. The molecule has 0 saturated carbocycles. The molecule has 0 spiro atoms. The molecule has 1 aliphatic heterocycles. The van der Waals surface area contributed by atoms with Crippen LogP contribution in [0.4, 0.5) is 32.0 Å². The van der Waals surface area contributed by atoms with Crippen LogP contribution in [0.3, 0.4) is 0 Å². The van der Waals surface area contributed by atoms with Crippen LogP contribution in [0.15, 0.2) is 36.4 Å². The SMILES string of the molecule is NC(=O)C1C(=O)N(c2ccc(F)c(F)c2F)CC1c1ccc(C(F)(F)F)cc1. The van der Waals surface area contributed by atoms with E-state index in [-0.39, 0.29) is 12.1 Å². The van der Waals surface area contributed by atoms with Crippen LogP contribution in [0.2, 0.25) is 0 Å². The van der Waals surface area contributed by atoms with Gasteiger partial charge in [0.1, 0.15) is 5.92 Å². The van der Waals surface area contributed by atoms with Crippen molar-refractivity contribution in [3.05, 3.63) is 65.0 Å². The zero-order valence-corrected chi connectivity index (χ0v) is 13.9. The van der Waals surface area contributed by atoms with Gasteiger partial charge in [-0.05, 0) is 29.8 Å². The van der Waals surface area contributed by atoms with Gasteiger partial charge in [-0.2, -0.15) is 13.2 Å². The number of nitrogens with zero attached hydrogens (tertiary/aromatic N) is 1. The molecule has 0 bridgehead atoms. The van der Waals surface area contributed by atoms with Crippen molar-refractivity contribution in [2.24, 2.45) is 11.7 Å². The van der Waals surface area contributed by atoms with E-state index in [0.29, 0.717) is 6.07 Å². The van der Waals surface area contributed by atoms with Crippen LogP contribution in [0.5, 0.6) is 0 Å². The lowest BCUT2D eigenvalue weighted by molar-refractivity contribution is -0.137. The number of carbonyl (C=O) groups is 2. The fourth-order valence-corrected chi connectivity index (χ4v) is 3.21. The second-order valence-corrected chi connectivity index (χ2v) is 6.25. The minimum Gasteiger partial charge on any atom is -0.369 e. The van der Waals surface area contributed by atoms with Crippen LogP contribution >= 0.6 is 0 Å². The van der Waals surface area contributed by atoms with E-state index in [4.69, 9.17) is 5.73 Å². The molecule has 2 atom stereocenters. The second kappa shape index (κ2) is 6.84. The van der Waals surface area contributed by atoms with Crippen LogP contribution in [-0.2, 0) is 15.8 Å². The third-order valence-electron chi connectivity index (χ3n) is 4.59. The smallest absolute Gasteiger partial charge is 0.369 e. The van der Waals surface area contributed by atoms with E-state index < -0.39 is 58.5 Å². The number of nitrogens with two attached hydrogens (primary N) is 1. The lowest BCUT2D eigenvalue weighted by Crippen LogP contribution is -2.35. The van der Waals surface area contributed by atoms with E-state index in [0.717, 1.165) is 35.2 Å². The summed E-state index contributed by atoms with van der Waals surface area (Å²) in [6, 6.07) is 5.17. The molecular formula is C18H12F6N2O2. The molecule has 1 fully saturated rings. The van der Waals surface area contributed by atoms with E-state index in [9.17, 15) is 35.9 Å². The molecule has 2 amide bonds. The summed E-state index contributed by atoms with van der Waals surface area (Å²) in [5.41, 5.74) is 3.92. The van der Waals surface area contributed by atoms with Crippen LogP contribution in [0.1, 0.15) is 17.0 Å². The Bertz CT molecular complexity index is 942. The molecule has 2 aromatic carbocycles. The van der Waals surface area contributed by atoms with Crippen LogP contribution in [-0.4, -0.2) is 18.4 Å². The second-order valence-electron chi connectivity index (χ2n) is 6.25. The lowest BCUT2D eigenvalue weighted by Gasteiger charge is -2.18. The Morgan fingerprint density at radius 2 is 1.61 bits per heavy atom. The fraction of sp³-hybridized carbons (Fsp3) is 0.222. The number of amides is 2. The minimum absolute atomic E-state index is 0.190. The van der Waals surface area contributed by atoms with E-state index in [1.165, 1.54) is 0 Å². The average molecular weight is 402 g/mol. The van der Waals surface area contributed by atoms with Gasteiger partial charge in [-0.15, -0.1) is 0 Å². The molecule has 3 rings (SSSR count). The Labute approximate surface area is 154 Å². The van der Waals surface area contributed by atoms with Crippen molar-refractivity contribution < 1.29 is 35.9 Å².